The lowest BCUT2D eigenvalue weighted by Gasteiger charge is -2.02. The smallest absolute Gasteiger partial charge is 0.122 e. The third-order valence-electron chi connectivity index (χ3n) is 2.10. The van der Waals surface area contributed by atoms with Crippen molar-refractivity contribution in [1.82, 2.24) is 0 Å². The standard InChI is InChI=1S/C12H10ClNOS/c1-8-4-6-16-12(8)11(14-9(2)13)10-3-5-15-7-10/h3-7H,2H2,1H3/b14-11-. The van der Waals surface area contributed by atoms with E-state index in [4.69, 9.17) is 16.0 Å². The zero-order valence-electron chi connectivity index (χ0n) is 8.74. The largest absolute Gasteiger partial charge is 0.472 e. The molecule has 4 heteroatoms. The summed E-state index contributed by atoms with van der Waals surface area (Å²) in [5, 5.41) is 2.29. The number of hydrogen-bond acceptors (Lipinski definition) is 3. The number of thiophene rings is 1. The van der Waals surface area contributed by atoms with Crippen LogP contribution in [0.15, 0.2) is 51.2 Å². The van der Waals surface area contributed by atoms with Crippen LogP contribution in [0.4, 0.5) is 0 Å². The lowest BCUT2D eigenvalue weighted by Crippen LogP contribution is -2.00. The Morgan fingerprint density at radius 3 is 2.81 bits per heavy atom. The second-order valence-corrected chi connectivity index (χ2v) is 4.63. The van der Waals surface area contributed by atoms with Gasteiger partial charge in [-0.25, -0.2) is 4.99 Å². The minimum absolute atomic E-state index is 0.268. The zero-order chi connectivity index (χ0) is 11.5. The number of halogens is 1. The normalized spacial score (nSPS) is 11.8. The van der Waals surface area contributed by atoms with E-state index in [1.54, 1.807) is 23.9 Å². The van der Waals surface area contributed by atoms with Gasteiger partial charge in [-0.1, -0.05) is 18.2 Å². The third kappa shape index (κ3) is 2.26. The van der Waals surface area contributed by atoms with E-state index in [0.717, 1.165) is 16.2 Å². The summed E-state index contributed by atoms with van der Waals surface area (Å²) < 4.78 is 5.07. The van der Waals surface area contributed by atoms with Gasteiger partial charge in [0.15, 0.2) is 0 Å². The van der Waals surface area contributed by atoms with Gasteiger partial charge in [0.1, 0.15) is 5.16 Å². The van der Waals surface area contributed by atoms with E-state index in [9.17, 15) is 0 Å². The molecule has 0 unspecified atom stereocenters. The summed E-state index contributed by atoms with van der Waals surface area (Å²) in [6.07, 6.45) is 3.27. The van der Waals surface area contributed by atoms with E-state index < -0.39 is 0 Å². The summed E-state index contributed by atoms with van der Waals surface area (Å²) in [5.74, 6) is 0. The van der Waals surface area contributed by atoms with E-state index in [-0.39, 0.29) is 5.16 Å². The maximum absolute atomic E-state index is 5.75. The molecule has 2 rings (SSSR count). The molecule has 0 aliphatic heterocycles. The number of hydrogen-bond donors (Lipinski definition) is 0. The molecule has 0 aromatic carbocycles. The second-order valence-electron chi connectivity index (χ2n) is 3.28. The molecule has 0 saturated carbocycles. The molecular formula is C12H10ClNOS. The average Bonchev–Trinajstić information content (AvgIpc) is 2.84. The summed E-state index contributed by atoms with van der Waals surface area (Å²) in [7, 11) is 0. The number of nitrogens with zero attached hydrogens (tertiary/aromatic N) is 1. The number of furan rings is 1. The van der Waals surface area contributed by atoms with Crippen LogP contribution >= 0.6 is 22.9 Å². The van der Waals surface area contributed by atoms with Crippen molar-refractivity contribution >= 4 is 28.6 Å². The summed E-state index contributed by atoms with van der Waals surface area (Å²) in [6.45, 7) is 5.64. The first-order valence-electron chi connectivity index (χ1n) is 4.68. The van der Waals surface area contributed by atoms with E-state index >= 15 is 0 Å². The second kappa shape index (κ2) is 4.68. The molecule has 0 N–H and O–H groups in total. The van der Waals surface area contributed by atoms with Crippen molar-refractivity contribution in [3.8, 4) is 0 Å². The molecule has 16 heavy (non-hydrogen) atoms. The highest BCUT2D eigenvalue weighted by atomic mass is 35.5. The third-order valence-corrected chi connectivity index (χ3v) is 3.21. The molecule has 0 aliphatic rings. The monoisotopic (exact) mass is 251 g/mol. The van der Waals surface area contributed by atoms with Gasteiger partial charge in [-0.2, -0.15) is 0 Å². The van der Waals surface area contributed by atoms with Crippen LogP contribution < -0.4 is 0 Å². The van der Waals surface area contributed by atoms with Gasteiger partial charge >= 0.3 is 0 Å². The SMILES string of the molecule is C=C(Cl)/N=C(/c1ccoc1)c1sccc1C. The Bertz CT molecular complexity index is 525. The molecule has 2 aromatic heterocycles. The lowest BCUT2D eigenvalue weighted by atomic mass is 10.1. The maximum atomic E-state index is 5.75. The van der Waals surface area contributed by atoms with E-state index in [2.05, 4.69) is 11.6 Å². The van der Waals surface area contributed by atoms with E-state index in [1.165, 1.54) is 5.56 Å². The summed E-state index contributed by atoms with van der Waals surface area (Å²) >= 11 is 7.38. The van der Waals surface area contributed by atoms with Gasteiger partial charge < -0.3 is 4.42 Å². The predicted molar refractivity (Wildman–Crippen MR) is 68.4 cm³/mol. The Hall–Kier alpha value is -1.32. The number of aliphatic imine (C=N–C) groups is 1. The Labute approximate surface area is 103 Å². The van der Waals surface area contributed by atoms with Crippen molar-refractivity contribution in [3.63, 3.8) is 0 Å². The van der Waals surface area contributed by atoms with E-state index in [1.807, 2.05) is 24.4 Å². The maximum Gasteiger partial charge on any atom is 0.122 e. The molecule has 0 radical (unpaired) electrons. The highest BCUT2D eigenvalue weighted by molar-refractivity contribution is 7.12. The minimum atomic E-state index is 0.268. The molecular weight excluding hydrogens is 242 g/mol. The molecule has 0 spiro atoms. The molecule has 2 aromatic rings. The molecule has 0 aliphatic carbocycles. The van der Waals surface area contributed by atoms with Crippen molar-refractivity contribution in [1.29, 1.82) is 0 Å². The van der Waals surface area contributed by atoms with Gasteiger partial charge in [-0.3, -0.25) is 0 Å². The molecule has 0 amide bonds. The Kier molecular flexibility index (Phi) is 3.27. The van der Waals surface area contributed by atoms with Crippen molar-refractivity contribution in [3.05, 3.63) is 57.8 Å². The quantitative estimate of drug-likeness (QED) is 0.593. The minimum Gasteiger partial charge on any atom is -0.472 e. The van der Waals surface area contributed by atoms with Crippen LogP contribution in [0.1, 0.15) is 16.0 Å². The van der Waals surface area contributed by atoms with Gasteiger partial charge in [0.25, 0.3) is 0 Å². The summed E-state index contributed by atoms with van der Waals surface area (Å²) in [4.78, 5) is 5.35. The number of rotatable bonds is 3. The van der Waals surface area contributed by atoms with Crippen molar-refractivity contribution < 1.29 is 4.42 Å². The van der Waals surface area contributed by atoms with Gasteiger partial charge in [0.2, 0.25) is 0 Å². The first-order chi connectivity index (χ1) is 7.68. The molecule has 2 nitrogen and oxygen atoms in total. The van der Waals surface area contributed by atoms with Crippen LogP contribution in [0.2, 0.25) is 0 Å². The van der Waals surface area contributed by atoms with Crippen LogP contribution in [-0.2, 0) is 0 Å². The van der Waals surface area contributed by atoms with Gasteiger partial charge in [0.05, 0.1) is 23.1 Å². The first kappa shape index (κ1) is 11.2. The van der Waals surface area contributed by atoms with Crippen LogP contribution in [0.25, 0.3) is 0 Å². The van der Waals surface area contributed by atoms with Crippen LogP contribution in [-0.4, -0.2) is 5.71 Å². The summed E-state index contributed by atoms with van der Waals surface area (Å²) in [5.41, 5.74) is 2.89. The van der Waals surface area contributed by atoms with Crippen molar-refractivity contribution in [2.75, 3.05) is 0 Å². The van der Waals surface area contributed by atoms with Crippen LogP contribution in [0.3, 0.4) is 0 Å². The molecule has 2 heterocycles. The van der Waals surface area contributed by atoms with Crippen LogP contribution in [0.5, 0.6) is 0 Å². The Morgan fingerprint density at radius 2 is 2.31 bits per heavy atom. The molecule has 0 atom stereocenters. The summed E-state index contributed by atoms with van der Waals surface area (Å²) in [6, 6.07) is 3.91. The molecule has 82 valence electrons. The van der Waals surface area contributed by atoms with E-state index in [0.29, 0.717) is 0 Å². The van der Waals surface area contributed by atoms with Gasteiger partial charge in [0, 0.05) is 5.56 Å². The average molecular weight is 252 g/mol. The topological polar surface area (TPSA) is 25.5 Å². The predicted octanol–water partition coefficient (Wildman–Crippen LogP) is 4.20. The van der Waals surface area contributed by atoms with Crippen LogP contribution in [0, 0.1) is 6.92 Å². The molecule has 0 bridgehead atoms. The highest BCUT2D eigenvalue weighted by Gasteiger charge is 2.12. The first-order valence-corrected chi connectivity index (χ1v) is 5.94. The lowest BCUT2D eigenvalue weighted by molar-refractivity contribution is 0.567. The molecule has 0 fully saturated rings. The van der Waals surface area contributed by atoms with Gasteiger partial charge in [-0.05, 0) is 30.0 Å². The van der Waals surface area contributed by atoms with Crippen molar-refractivity contribution in [2.24, 2.45) is 4.99 Å². The Morgan fingerprint density at radius 1 is 1.50 bits per heavy atom. The fourth-order valence-electron chi connectivity index (χ4n) is 1.38. The van der Waals surface area contributed by atoms with Gasteiger partial charge in [-0.15, -0.1) is 11.3 Å². The fourth-order valence-corrected chi connectivity index (χ4v) is 2.40. The highest BCUT2D eigenvalue weighted by Crippen LogP contribution is 2.22. The zero-order valence-corrected chi connectivity index (χ0v) is 10.3. The number of aryl methyl sites for hydroxylation is 1. The fraction of sp³-hybridized carbons (Fsp3) is 0.0833. The van der Waals surface area contributed by atoms with Crippen molar-refractivity contribution in [2.45, 2.75) is 6.92 Å². The molecule has 0 saturated heterocycles. The Balaban J connectivity index is 2.53.